The van der Waals surface area contributed by atoms with Crippen molar-refractivity contribution >= 4 is 17.2 Å². The molecule has 1 fully saturated rings. The molecule has 1 aliphatic rings. The summed E-state index contributed by atoms with van der Waals surface area (Å²) in [4.78, 5) is 20.8. The average Bonchev–Trinajstić information content (AvgIpc) is 3.43. The van der Waals surface area contributed by atoms with Crippen LogP contribution < -0.4 is 15.8 Å². The number of hydrogen-bond donors (Lipinski definition) is 2. The summed E-state index contributed by atoms with van der Waals surface area (Å²) in [6.45, 7) is 2.56. The zero-order chi connectivity index (χ0) is 24.2. The van der Waals surface area contributed by atoms with Crippen LogP contribution >= 0.6 is 11.3 Å². The third kappa shape index (κ3) is 5.23. The molecule has 0 atom stereocenters. The molecule has 6 nitrogen and oxygen atoms in total. The summed E-state index contributed by atoms with van der Waals surface area (Å²) in [5.74, 6) is -0.604. The van der Waals surface area contributed by atoms with Crippen molar-refractivity contribution in [2.24, 2.45) is 11.7 Å². The lowest BCUT2D eigenvalue weighted by Gasteiger charge is -2.22. The number of carbonyl (C=O) groups is 1. The van der Waals surface area contributed by atoms with E-state index < -0.39 is 11.7 Å². The Morgan fingerprint density at radius 3 is 2.46 bits per heavy atom. The van der Waals surface area contributed by atoms with Crippen molar-refractivity contribution in [3.8, 4) is 39.5 Å². The van der Waals surface area contributed by atoms with Crippen LogP contribution in [0, 0.1) is 11.7 Å². The van der Waals surface area contributed by atoms with E-state index in [1.165, 1.54) is 12.1 Å². The maximum absolute atomic E-state index is 14.6. The first-order valence-electron chi connectivity index (χ1n) is 11.5. The Labute approximate surface area is 207 Å². The van der Waals surface area contributed by atoms with E-state index in [-0.39, 0.29) is 5.56 Å². The van der Waals surface area contributed by atoms with Gasteiger partial charge in [-0.25, -0.2) is 14.4 Å². The smallest absolute Gasteiger partial charge is 0.251 e. The number of halogens is 1. The monoisotopic (exact) mass is 488 g/mol. The van der Waals surface area contributed by atoms with Crippen LogP contribution in [0.5, 0.6) is 5.88 Å². The topological polar surface area (TPSA) is 90.1 Å². The molecule has 5 rings (SSSR count). The maximum atomic E-state index is 14.6. The second kappa shape index (κ2) is 10.3. The van der Waals surface area contributed by atoms with Gasteiger partial charge in [-0.1, -0.05) is 30.3 Å². The van der Waals surface area contributed by atoms with Crippen LogP contribution in [0.25, 0.3) is 33.6 Å². The minimum atomic E-state index is -0.814. The van der Waals surface area contributed by atoms with E-state index in [1.807, 2.05) is 29.6 Å². The number of nitrogens with two attached hydrogens (primary N) is 1. The molecule has 2 aromatic heterocycles. The minimum absolute atomic E-state index is 0.162. The van der Waals surface area contributed by atoms with Gasteiger partial charge in [-0.15, -0.1) is 0 Å². The molecule has 0 saturated carbocycles. The normalized spacial score (nSPS) is 14.1. The number of rotatable bonds is 7. The number of nitrogens with one attached hydrogen (secondary N) is 1. The Hall–Kier alpha value is -3.62. The van der Waals surface area contributed by atoms with Crippen LogP contribution in [0.3, 0.4) is 0 Å². The summed E-state index contributed by atoms with van der Waals surface area (Å²) in [7, 11) is 0. The molecule has 35 heavy (non-hydrogen) atoms. The molecular formula is C27H25FN4O2S. The van der Waals surface area contributed by atoms with Crippen molar-refractivity contribution in [2.45, 2.75) is 12.8 Å². The number of carbonyl (C=O) groups excluding carboxylic acids is 1. The number of nitrogens with zero attached hydrogens (tertiary/aromatic N) is 2. The highest BCUT2D eigenvalue weighted by Crippen LogP contribution is 2.33. The quantitative estimate of drug-likeness (QED) is 0.375. The van der Waals surface area contributed by atoms with E-state index in [1.54, 1.807) is 23.6 Å². The molecule has 3 N–H and O–H groups in total. The summed E-state index contributed by atoms with van der Waals surface area (Å²) in [5.41, 5.74) is 9.76. The number of piperidine rings is 1. The Kier molecular flexibility index (Phi) is 6.83. The number of benzene rings is 2. The van der Waals surface area contributed by atoms with Crippen LogP contribution in [0.1, 0.15) is 23.2 Å². The standard InChI is InChI=1S/C27H25FN4O2S/c28-23-13-20(5-6-22(23)27(29)33)25-26(19-3-1-18(2-4-19)21-9-12-35-16-21)32-24(14-31-25)34-15-17-7-10-30-11-8-17/h1-6,9,12-14,16-17,30H,7-8,10-11,15H2,(H2,29,33). The number of hydrogen-bond acceptors (Lipinski definition) is 6. The molecule has 178 valence electrons. The van der Waals surface area contributed by atoms with Gasteiger partial charge in [0.15, 0.2) is 0 Å². The van der Waals surface area contributed by atoms with Crippen molar-refractivity contribution in [2.75, 3.05) is 19.7 Å². The lowest BCUT2D eigenvalue weighted by molar-refractivity contribution is 0.0996. The van der Waals surface area contributed by atoms with Gasteiger partial charge in [0.05, 0.1) is 24.1 Å². The molecule has 0 bridgehead atoms. The molecule has 1 amide bonds. The first-order valence-corrected chi connectivity index (χ1v) is 12.5. The van der Waals surface area contributed by atoms with Crippen molar-refractivity contribution in [3.63, 3.8) is 0 Å². The lowest BCUT2D eigenvalue weighted by atomic mass is 9.99. The third-order valence-electron chi connectivity index (χ3n) is 6.20. The number of thiophene rings is 1. The van der Waals surface area contributed by atoms with E-state index in [2.05, 4.69) is 21.7 Å². The SMILES string of the molecule is NC(=O)c1ccc(-c2ncc(OCC3CCNCC3)nc2-c2ccc(-c3ccsc3)cc2)cc1F. The van der Waals surface area contributed by atoms with E-state index in [0.717, 1.165) is 42.6 Å². The molecule has 1 aliphatic heterocycles. The molecule has 0 unspecified atom stereocenters. The van der Waals surface area contributed by atoms with Crippen molar-refractivity contribution < 1.29 is 13.9 Å². The van der Waals surface area contributed by atoms with E-state index >= 15 is 0 Å². The van der Waals surface area contributed by atoms with Crippen molar-refractivity contribution in [1.82, 2.24) is 15.3 Å². The zero-order valence-corrected chi connectivity index (χ0v) is 19.9. The Morgan fingerprint density at radius 2 is 1.77 bits per heavy atom. The fraction of sp³-hybridized carbons (Fsp3) is 0.222. The Morgan fingerprint density at radius 1 is 1.03 bits per heavy atom. The summed E-state index contributed by atoms with van der Waals surface area (Å²) in [5, 5.41) is 7.49. The molecule has 3 heterocycles. The summed E-state index contributed by atoms with van der Waals surface area (Å²) >= 11 is 1.65. The maximum Gasteiger partial charge on any atom is 0.251 e. The average molecular weight is 489 g/mol. The van der Waals surface area contributed by atoms with Gasteiger partial charge in [-0.3, -0.25) is 4.79 Å². The van der Waals surface area contributed by atoms with Crippen LogP contribution in [0.4, 0.5) is 4.39 Å². The molecule has 2 aromatic carbocycles. The number of ether oxygens (including phenoxy) is 1. The number of primary amides is 1. The van der Waals surface area contributed by atoms with Gasteiger partial charge in [-0.2, -0.15) is 11.3 Å². The second-order valence-corrected chi connectivity index (χ2v) is 9.34. The highest BCUT2D eigenvalue weighted by molar-refractivity contribution is 7.08. The molecular weight excluding hydrogens is 463 g/mol. The van der Waals surface area contributed by atoms with Gasteiger partial charge in [0.1, 0.15) is 11.5 Å². The van der Waals surface area contributed by atoms with Gasteiger partial charge in [0.2, 0.25) is 5.88 Å². The first-order chi connectivity index (χ1) is 17.1. The lowest BCUT2D eigenvalue weighted by Crippen LogP contribution is -2.30. The first kappa shape index (κ1) is 23.1. The highest BCUT2D eigenvalue weighted by atomic mass is 32.1. The van der Waals surface area contributed by atoms with Gasteiger partial charge >= 0.3 is 0 Å². The summed E-state index contributed by atoms with van der Waals surface area (Å²) < 4.78 is 20.6. The van der Waals surface area contributed by atoms with E-state index in [0.29, 0.717) is 35.4 Å². The van der Waals surface area contributed by atoms with Crippen molar-refractivity contribution in [3.05, 3.63) is 76.9 Å². The molecule has 0 radical (unpaired) electrons. The largest absolute Gasteiger partial charge is 0.476 e. The fourth-order valence-corrected chi connectivity index (χ4v) is 4.88. The second-order valence-electron chi connectivity index (χ2n) is 8.56. The van der Waals surface area contributed by atoms with Crippen LogP contribution in [-0.4, -0.2) is 35.6 Å². The van der Waals surface area contributed by atoms with Crippen LogP contribution in [0.2, 0.25) is 0 Å². The van der Waals surface area contributed by atoms with E-state index in [4.69, 9.17) is 15.5 Å². The van der Waals surface area contributed by atoms with Gasteiger partial charge in [-0.05, 0) is 71.9 Å². The molecule has 0 aliphatic carbocycles. The molecule has 4 aromatic rings. The van der Waals surface area contributed by atoms with Crippen LogP contribution in [0.15, 0.2) is 65.5 Å². The summed E-state index contributed by atoms with van der Waals surface area (Å²) in [6.07, 6.45) is 3.70. The van der Waals surface area contributed by atoms with Crippen molar-refractivity contribution in [1.29, 1.82) is 0 Å². The van der Waals surface area contributed by atoms with E-state index in [9.17, 15) is 9.18 Å². The highest BCUT2D eigenvalue weighted by Gasteiger charge is 2.18. The molecule has 0 spiro atoms. The van der Waals surface area contributed by atoms with Crippen LogP contribution in [-0.2, 0) is 0 Å². The third-order valence-corrected chi connectivity index (χ3v) is 6.88. The van der Waals surface area contributed by atoms with Gasteiger partial charge in [0.25, 0.3) is 5.91 Å². The van der Waals surface area contributed by atoms with Gasteiger partial charge in [0, 0.05) is 11.1 Å². The number of amides is 1. The molecule has 8 heteroatoms. The Balaban J connectivity index is 1.50. The zero-order valence-electron chi connectivity index (χ0n) is 19.0. The predicted molar refractivity (Wildman–Crippen MR) is 136 cm³/mol. The fourth-order valence-electron chi connectivity index (χ4n) is 4.22. The Bertz CT molecular complexity index is 1320. The van der Waals surface area contributed by atoms with Gasteiger partial charge < -0.3 is 15.8 Å². The number of aromatic nitrogens is 2. The predicted octanol–water partition coefficient (Wildman–Crippen LogP) is 5.16. The minimum Gasteiger partial charge on any atom is -0.476 e. The molecule has 1 saturated heterocycles. The summed E-state index contributed by atoms with van der Waals surface area (Å²) in [6, 6.07) is 14.4.